The average molecular weight is 374 g/mol. The van der Waals surface area contributed by atoms with Crippen LogP contribution in [0.1, 0.15) is 34.5 Å². The van der Waals surface area contributed by atoms with Crippen LogP contribution in [0.4, 0.5) is 8.78 Å². The first-order valence-corrected chi connectivity index (χ1v) is 9.17. The predicted octanol–water partition coefficient (Wildman–Crippen LogP) is 3.75. The SMILES string of the molecule is Cc1[nH]ncc1CC1OC2(CCNCC2)c2sc(Cl)cc2C1(F)F. The summed E-state index contributed by atoms with van der Waals surface area (Å²) in [6.45, 7) is 3.33. The van der Waals surface area contributed by atoms with Crippen molar-refractivity contribution in [3.8, 4) is 0 Å². The number of H-pyrrole nitrogens is 1. The Bertz CT molecular complexity index is 754. The highest BCUT2D eigenvalue weighted by Gasteiger charge is 2.56. The van der Waals surface area contributed by atoms with Crippen LogP contribution in [0.5, 0.6) is 0 Å². The number of ether oxygens (including phenoxy) is 1. The third-order valence-corrected chi connectivity index (χ3v) is 6.45. The molecule has 4 nitrogen and oxygen atoms in total. The second-order valence-electron chi connectivity index (χ2n) is 6.49. The van der Waals surface area contributed by atoms with E-state index in [1.807, 2.05) is 6.92 Å². The maximum absolute atomic E-state index is 15.1. The van der Waals surface area contributed by atoms with Gasteiger partial charge < -0.3 is 10.1 Å². The fourth-order valence-electron chi connectivity index (χ4n) is 3.65. The zero-order chi connectivity index (χ0) is 16.9. The van der Waals surface area contributed by atoms with Gasteiger partial charge in [0.2, 0.25) is 0 Å². The Morgan fingerprint density at radius 3 is 2.83 bits per heavy atom. The molecule has 0 bridgehead atoms. The van der Waals surface area contributed by atoms with Crippen LogP contribution < -0.4 is 5.32 Å². The van der Waals surface area contributed by atoms with Crippen molar-refractivity contribution in [1.29, 1.82) is 0 Å². The molecular weight excluding hydrogens is 356 g/mol. The quantitative estimate of drug-likeness (QED) is 0.843. The standard InChI is InChI=1S/C16H18ClF2N3OS/c1-9-10(8-21-22-9)6-12-16(18,19)11-7-13(17)24-14(11)15(23-12)2-4-20-5-3-15/h7-8,12,20H,2-6H2,1H3,(H,21,22). The molecule has 24 heavy (non-hydrogen) atoms. The van der Waals surface area contributed by atoms with E-state index in [0.29, 0.717) is 22.1 Å². The summed E-state index contributed by atoms with van der Waals surface area (Å²) in [4.78, 5) is 0.596. The number of fused-ring (bicyclic) bond motifs is 2. The highest BCUT2D eigenvalue weighted by Crippen LogP contribution is 2.54. The van der Waals surface area contributed by atoms with E-state index >= 15 is 8.78 Å². The molecule has 0 radical (unpaired) electrons. The molecule has 1 fully saturated rings. The van der Waals surface area contributed by atoms with Gasteiger partial charge in [0.1, 0.15) is 11.7 Å². The Hall–Kier alpha value is -1.02. The van der Waals surface area contributed by atoms with E-state index in [2.05, 4.69) is 15.5 Å². The van der Waals surface area contributed by atoms with E-state index < -0.39 is 17.6 Å². The third kappa shape index (κ3) is 2.49. The van der Waals surface area contributed by atoms with Crippen molar-refractivity contribution >= 4 is 22.9 Å². The maximum atomic E-state index is 15.1. The van der Waals surface area contributed by atoms with Crippen LogP contribution in [0, 0.1) is 6.92 Å². The molecule has 2 aliphatic rings. The minimum atomic E-state index is -3.07. The molecule has 2 N–H and O–H groups in total. The Balaban J connectivity index is 1.77. The Morgan fingerprint density at radius 1 is 1.42 bits per heavy atom. The first-order valence-electron chi connectivity index (χ1n) is 7.98. The summed E-state index contributed by atoms with van der Waals surface area (Å²) >= 11 is 7.32. The number of aromatic nitrogens is 2. The van der Waals surface area contributed by atoms with Crippen molar-refractivity contribution in [2.45, 2.75) is 43.8 Å². The van der Waals surface area contributed by atoms with Crippen LogP contribution in [0.25, 0.3) is 0 Å². The summed E-state index contributed by atoms with van der Waals surface area (Å²) in [7, 11) is 0. The smallest absolute Gasteiger partial charge is 0.300 e. The van der Waals surface area contributed by atoms with Gasteiger partial charge in [-0.05, 0) is 44.5 Å². The minimum absolute atomic E-state index is 0.0387. The predicted molar refractivity (Wildman–Crippen MR) is 88.9 cm³/mol. The van der Waals surface area contributed by atoms with Crippen LogP contribution in [0.2, 0.25) is 4.34 Å². The van der Waals surface area contributed by atoms with E-state index in [0.717, 1.165) is 24.3 Å². The van der Waals surface area contributed by atoms with Gasteiger partial charge in [-0.1, -0.05) is 11.6 Å². The van der Waals surface area contributed by atoms with E-state index in [9.17, 15) is 0 Å². The molecule has 4 rings (SSSR count). The number of nitrogens with zero attached hydrogens (tertiary/aromatic N) is 1. The molecule has 1 atom stereocenters. The first kappa shape index (κ1) is 16.4. The lowest BCUT2D eigenvalue weighted by atomic mass is 9.82. The summed E-state index contributed by atoms with van der Waals surface area (Å²) in [6.07, 6.45) is 1.85. The van der Waals surface area contributed by atoms with Crippen LogP contribution in [-0.4, -0.2) is 29.4 Å². The van der Waals surface area contributed by atoms with Gasteiger partial charge in [0, 0.05) is 22.6 Å². The van der Waals surface area contributed by atoms with Gasteiger partial charge in [-0.2, -0.15) is 13.9 Å². The summed E-state index contributed by atoms with van der Waals surface area (Å²) < 4.78 is 36.7. The van der Waals surface area contributed by atoms with Crippen LogP contribution in [0.15, 0.2) is 12.3 Å². The van der Waals surface area contributed by atoms with Crippen LogP contribution >= 0.6 is 22.9 Å². The number of rotatable bonds is 2. The molecule has 8 heteroatoms. The number of hydrogen-bond acceptors (Lipinski definition) is 4. The van der Waals surface area contributed by atoms with E-state index in [4.69, 9.17) is 16.3 Å². The molecule has 1 spiro atoms. The third-order valence-electron chi connectivity index (χ3n) is 5.00. The lowest BCUT2D eigenvalue weighted by molar-refractivity contribution is -0.227. The van der Waals surface area contributed by atoms with Crippen molar-refractivity contribution in [2.24, 2.45) is 0 Å². The summed E-state index contributed by atoms with van der Waals surface area (Å²) in [6, 6.07) is 1.42. The zero-order valence-corrected chi connectivity index (χ0v) is 14.7. The molecule has 1 unspecified atom stereocenters. The number of hydrogen-bond donors (Lipinski definition) is 2. The molecule has 0 aromatic carbocycles. The van der Waals surface area contributed by atoms with Gasteiger partial charge in [0.25, 0.3) is 5.92 Å². The lowest BCUT2D eigenvalue weighted by Gasteiger charge is -2.46. The highest BCUT2D eigenvalue weighted by atomic mass is 35.5. The number of nitrogens with one attached hydrogen (secondary N) is 2. The molecule has 130 valence electrons. The number of thiophene rings is 1. The van der Waals surface area contributed by atoms with Crippen molar-refractivity contribution in [3.63, 3.8) is 0 Å². The monoisotopic (exact) mass is 373 g/mol. The summed E-state index contributed by atoms with van der Waals surface area (Å²) in [5, 5.41) is 10.0. The molecule has 2 aromatic rings. The van der Waals surface area contributed by atoms with Gasteiger partial charge in [-0.3, -0.25) is 5.10 Å². The van der Waals surface area contributed by atoms with Gasteiger partial charge in [0.05, 0.1) is 10.5 Å². The summed E-state index contributed by atoms with van der Waals surface area (Å²) in [5.41, 5.74) is 0.927. The van der Waals surface area contributed by atoms with Gasteiger partial charge in [0.15, 0.2) is 0 Å². The largest absolute Gasteiger partial charge is 0.359 e. The van der Waals surface area contributed by atoms with E-state index in [-0.39, 0.29) is 12.0 Å². The second-order valence-corrected chi connectivity index (χ2v) is 8.17. The topological polar surface area (TPSA) is 49.9 Å². The molecular formula is C16H18ClF2N3OS. The number of aromatic amines is 1. The van der Waals surface area contributed by atoms with Crippen molar-refractivity contribution in [1.82, 2.24) is 15.5 Å². The van der Waals surface area contributed by atoms with E-state index in [1.54, 1.807) is 6.20 Å². The molecule has 1 saturated heterocycles. The number of piperidine rings is 1. The fraction of sp³-hybridized carbons (Fsp3) is 0.562. The van der Waals surface area contributed by atoms with Crippen molar-refractivity contribution in [2.75, 3.05) is 13.1 Å². The lowest BCUT2D eigenvalue weighted by Crippen LogP contribution is -2.52. The number of aryl methyl sites for hydroxylation is 1. The Labute approximate surface area is 147 Å². The molecule has 0 saturated carbocycles. The normalized spacial score (nSPS) is 24.9. The molecule has 2 aliphatic heterocycles. The highest BCUT2D eigenvalue weighted by molar-refractivity contribution is 7.16. The number of alkyl halides is 2. The molecule has 2 aromatic heterocycles. The maximum Gasteiger partial charge on any atom is 0.300 e. The summed E-state index contributed by atoms with van der Waals surface area (Å²) in [5.74, 6) is -3.07. The first-order chi connectivity index (χ1) is 11.4. The fourth-order valence-corrected chi connectivity index (χ4v) is 5.10. The van der Waals surface area contributed by atoms with Crippen molar-refractivity contribution < 1.29 is 13.5 Å². The molecule has 0 amide bonds. The molecule has 4 heterocycles. The van der Waals surface area contributed by atoms with Gasteiger partial charge >= 0.3 is 0 Å². The van der Waals surface area contributed by atoms with Crippen LogP contribution in [0.3, 0.4) is 0 Å². The number of halogens is 3. The van der Waals surface area contributed by atoms with E-state index in [1.165, 1.54) is 17.4 Å². The average Bonchev–Trinajstić information content (AvgIpc) is 3.14. The zero-order valence-electron chi connectivity index (χ0n) is 13.2. The van der Waals surface area contributed by atoms with Crippen molar-refractivity contribution in [3.05, 3.63) is 38.3 Å². The molecule has 0 aliphatic carbocycles. The van der Waals surface area contributed by atoms with Gasteiger partial charge in [-0.15, -0.1) is 11.3 Å². The Kier molecular flexibility index (Phi) is 3.95. The van der Waals surface area contributed by atoms with Gasteiger partial charge in [-0.25, -0.2) is 0 Å². The Morgan fingerprint density at radius 2 is 2.17 bits per heavy atom. The van der Waals surface area contributed by atoms with Crippen LogP contribution in [-0.2, 0) is 22.7 Å². The minimum Gasteiger partial charge on any atom is -0.359 e. The second kappa shape index (κ2) is 5.76.